The lowest BCUT2D eigenvalue weighted by Crippen LogP contribution is -2.45. The van der Waals surface area contributed by atoms with Crippen LogP contribution in [0.1, 0.15) is 40.2 Å². The summed E-state index contributed by atoms with van der Waals surface area (Å²) in [5.74, 6) is -0.260. The Bertz CT molecular complexity index is 861. The third kappa shape index (κ3) is 6.62. The van der Waals surface area contributed by atoms with E-state index in [1.165, 1.54) is 0 Å². The summed E-state index contributed by atoms with van der Waals surface area (Å²) in [6, 6.07) is 9.37. The van der Waals surface area contributed by atoms with E-state index in [2.05, 4.69) is 0 Å². The fraction of sp³-hybridized carbons (Fsp3) is 0.619. The summed E-state index contributed by atoms with van der Waals surface area (Å²) in [5.41, 5.74) is -0.344. The standard InChI is InChI=1S/C21H32N2O6S/c1-20(2,3)29-19(25)23(30(6,26)27)13-17-12-22(15-21(17,4)5)18(24)28-14-16-10-8-7-9-11-16/h7-11,17H,12-15H2,1-6H3. The maximum Gasteiger partial charge on any atom is 0.424 e. The zero-order chi connectivity index (χ0) is 22.7. The molecule has 9 heteroatoms. The van der Waals surface area contributed by atoms with Crippen LogP contribution >= 0.6 is 0 Å². The normalized spacial score (nSPS) is 18.7. The minimum absolute atomic E-state index is 0.0663. The highest BCUT2D eigenvalue weighted by Crippen LogP contribution is 2.36. The topological polar surface area (TPSA) is 93.2 Å². The summed E-state index contributed by atoms with van der Waals surface area (Å²) >= 11 is 0. The van der Waals surface area contributed by atoms with E-state index in [-0.39, 0.29) is 25.6 Å². The van der Waals surface area contributed by atoms with E-state index in [0.717, 1.165) is 16.1 Å². The first-order valence-electron chi connectivity index (χ1n) is 9.85. The van der Waals surface area contributed by atoms with Gasteiger partial charge in [0.25, 0.3) is 0 Å². The first-order valence-corrected chi connectivity index (χ1v) is 11.7. The zero-order valence-electron chi connectivity index (χ0n) is 18.5. The molecule has 0 bridgehead atoms. The van der Waals surface area contributed by atoms with Crippen molar-refractivity contribution in [1.29, 1.82) is 0 Å². The number of rotatable bonds is 5. The average molecular weight is 441 g/mol. The van der Waals surface area contributed by atoms with Crippen LogP contribution in [0, 0.1) is 11.3 Å². The molecule has 1 aromatic rings. The van der Waals surface area contributed by atoms with Crippen LogP contribution in [-0.2, 0) is 26.1 Å². The van der Waals surface area contributed by atoms with Crippen LogP contribution in [0.4, 0.5) is 9.59 Å². The molecule has 1 aliphatic heterocycles. The molecule has 0 aromatic heterocycles. The number of carbonyl (C=O) groups is 2. The van der Waals surface area contributed by atoms with Gasteiger partial charge in [-0.1, -0.05) is 44.2 Å². The summed E-state index contributed by atoms with van der Waals surface area (Å²) in [4.78, 5) is 26.6. The quantitative estimate of drug-likeness (QED) is 0.696. The SMILES string of the molecule is CC(C)(C)OC(=O)N(CC1CN(C(=O)OCc2ccccc2)CC1(C)C)S(C)(=O)=O. The summed E-state index contributed by atoms with van der Waals surface area (Å²) < 4.78 is 35.9. The average Bonchev–Trinajstić information content (AvgIpc) is 2.90. The third-order valence-electron chi connectivity index (χ3n) is 4.99. The number of hydrogen-bond acceptors (Lipinski definition) is 6. The number of sulfonamides is 1. The summed E-state index contributed by atoms with van der Waals surface area (Å²) in [6.45, 7) is 9.69. The Labute approximate surface area is 179 Å². The molecule has 1 saturated heterocycles. The monoisotopic (exact) mass is 440 g/mol. The van der Waals surface area contributed by atoms with Gasteiger partial charge in [0.1, 0.15) is 12.2 Å². The first-order chi connectivity index (χ1) is 13.7. The Morgan fingerprint density at radius 2 is 1.80 bits per heavy atom. The Hall–Kier alpha value is -2.29. The molecular formula is C21H32N2O6S. The fourth-order valence-corrected chi connectivity index (χ4v) is 4.07. The van der Waals surface area contributed by atoms with E-state index in [1.54, 1.807) is 25.7 Å². The highest BCUT2D eigenvalue weighted by molar-refractivity contribution is 7.88. The lowest BCUT2D eigenvalue weighted by Gasteiger charge is -2.31. The predicted octanol–water partition coefficient (Wildman–Crippen LogP) is 3.48. The Morgan fingerprint density at radius 3 is 2.33 bits per heavy atom. The molecule has 0 aliphatic carbocycles. The fourth-order valence-electron chi connectivity index (χ4n) is 3.31. The van der Waals surface area contributed by atoms with Gasteiger partial charge in [-0.05, 0) is 31.7 Å². The van der Waals surface area contributed by atoms with Crippen LogP contribution in [-0.4, -0.2) is 61.3 Å². The van der Waals surface area contributed by atoms with E-state index in [1.807, 2.05) is 44.2 Å². The van der Waals surface area contributed by atoms with E-state index in [4.69, 9.17) is 9.47 Å². The van der Waals surface area contributed by atoms with Gasteiger partial charge in [0.05, 0.1) is 6.26 Å². The molecule has 0 radical (unpaired) electrons. The van der Waals surface area contributed by atoms with Crippen LogP contribution in [0.3, 0.4) is 0 Å². The van der Waals surface area contributed by atoms with Gasteiger partial charge in [0.2, 0.25) is 10.0 Å². The summed E-state index contributed by atoms with van der Waals surface area (Å²) in [5, 5.41) is 0. The molecule has 2 rings (SSSR count). The maximum absolute atomic E-state index is 12.5. The Kier molecular flexibility index (Phi) is 7.06. The second kappa shape index (κ2) is 8.83. The molecule has 1 heterocycles. The lowest BCUT2D eigenvalue weighted by atomic mass is 9.82. The number of amides is 2. The van der Waals surface area contributed by atoms with E-state index in [9.17, 15) is 18.0 Å². The minimum atomic E-state index is -3.83. The highest BCUT2D eigenvalue weighted by Gasteiger charge is 2.45. The van der Waals surface area contributed by atoms with Crippen LogP contribution in [0.5, 0.6) is 0 Å². The van der Waals surface area contributed by atoms with Crippen molar-refractivity contribution in [2.75, 3.05) is 25.9 Å². The van der Waals surface area contributed by atoms with Crippen LogP contribution in [0.15, 0.2) is 30.3 Å². The number of carbonyl (C=O) groups excluding carboxylic acids is 2. The smallest absolute Gasteiger partial charge is 0.424 e. The molecule has 1 aromatic carbocycles. The molecule has 168 valence electrons. The first kappa shape index (κ1) is 24.0. The molecule has 0 N–H and O–H groups in total. The highest BCUT2D eigenvalue weighted by atomic mass is 32.2. The van der Waals surface area contributed by atoms with E-state index >= 15 is 0 Å². The Morgan fingerprint density at radius 1 is 1.20 bits per heavy atom. The van der Waals surface area contributed by atoms with Gasteiger partial charge in [-0.25, -0.2) is 22.3 Å². The van der Waals surface area contributed by atoms with E-state index in [0.29, 0.717) is 6.54 Å². The minimum Gasteiger partial charge on any atom is -0.445 e. The Balaban J connectivity index is 2.07. The third-order valence-corrected chi connectivity index (χ3v) is 6.09. The molecule has 30 heavy (non-hydrogen) atoms. The van der Waals surface area contributed by atoms with Gasteiger partial charge >= 0.3 is 12.2 Å². The molecule has 0 spiro atoms. The zero-order valence-corrected chi connectivity index (χ0v) is 19.4. The van der Waals surface area contributed by atoms with Crippen molar-refractivity contribution in [3.63, 3.8) is 0 Å². The van der Waals surface area contributed by atoms with Gasteiger partial charge in [0, 0.05) is 25.6 Å². The second-order valence-electron chi connectivity index (χ2n) is 9.38. The van der Waals surface area contributed by atoms with Crippen molar-refractivity contribution in [2.45, 2.75) is 46.8 Å². The maximum atomic E-state index is 12.5. The van der Waals surface area contributed by atoms with Crippen molar-refractivity contribution in [3.8, 4) is 0 Å². The molecule has 1 atom stereocenters. The second-order valence-corrected chi connectivity index (χ2v) is 11.3. The predicted molar refractivity (Wildman–Crippen MR) is 113 cm³/mol. The number of benzene rings is 1. The number of ether oxygens (including phenoxy) is 2. The molecule has 1 unspecified atom stereocenters. The van der Waals surface area contributed by atoms with E-state index < -0.39 is 33.2 Å². The molecular weight excluding hydrogens is 408 g/mol. The van der Waals surface area contributed by atoms with Crippen molar-refractivity contribution < 1.29 is 27.5 Å². The van der Waals surface area contributed by atoms with Crippen molar-refractivity contribution >= 4 is 22.2 Å². The lowest BCUT2D eigenvalue weighted by molar-refractivity contribution is 0.0358. The van der Waals surface area contributed by atoms with Crippen LogP contribution < -0.4 is 0 Å². The van der Waals surface area contributed by atoms with Gasteiger partial charge in [0.15, 0.2) is 0 Å². The van der Waals surface area contributed by atoms with Gasteiger partial charge in [-0.3, -0.25) is 0 Å². The number of likely N-dealkylation sites (tertiary alicyclic amines) is 1. The molecule has 1 aliphatic rings. The summed E-state index contributed by atoms with van der Waals surface area (Å²) in [6.07, 6.45) is -0.395. The molecule has 0 saturated carbocycles. The van der Waals surface area contributed by atoms with Crippen molar-refractivity contribution in [1.82, 2.24) is 9.21 Å². The van der Waals surface area contributed by atoms with Gasteiger partial charge in [-0.2, -0.15) is 0 Å². The van der Waals surface area contributed by atoms with Crippen molar-refractivity contribution in [2.24, 2.45) is 11.3 Å². The van der Waals surface area contributed by atoms with Crippen LogP contribution in [0.25, 0.3) is 0 Å². The molecule has 1 fully saturated rings. The molecule has 8 nitrogen and oxygen atoms in total. The van der Waals surface area contributed by atoms with Gasteiger partial charge < -0.3 is 14.4 Å². The number of hydrogen-bond donors (Lipinski definition) is 0. The molecule has 2 amide bonds. The largest absolute Gasteiger partial charge is 0.445 e. The van der Waals surface area contributed by atoms with Crippen LogP contribution in [0.2, 0.25) is 0 Å². The van der Waals surface area contributed by atoms with Gasteiger partial charge in [-0.15, -0.1) is 0 Å². The summed E-state index contributed by atoms with van der Waals surface area (Å²) in [7, 11) is -3.83. The van der Waals surface area contributed by atoms with Crippen molar-refractivity contribution in [3.05, 3.63) is 35.9 Å². The number of nitrogens with zero attached hydrogens (tertiary/aromatic N) is 2.